The number of halogens is 1. The van der Waals surface area contributed by atoms with E-state index in [1.54, 1.807) is 6.92 Å². The van der Waals surface area contributed by atoms with Gasteiger partial charge in [-0.15, -0.1) is 0 Å². The predicted molar refractivity (Wildman–Crippen MR) is 68.9 cm³/mol. The molecule has 0 amide bonds. The molecule has 0 spiro atoms. The van der Waals surface area contributed by atoms with Crippen molar-refractivity contribution >= 4 is 5.78 Å². The molecule has 0 bridgehead atoms. The molecule has 0 saturated heterocycles. The lowest BCUT2D eigenvalue weighted by Crippen LogP contribution is -2.59. The summed E-state index contributed by atoms with van der Waals surface area (Å²) in [6, 6.07) is 0. The third kappa shape index (κ3) is 3.27. The maximum Gasteiger partial charge on any atom is 0.158 e. The smallest absolute Gasteiger partial charge is 0.158 e. The first-order valence-electron chi connectivity index (χ1n) is 6.62. The Bertz CT molecular complexity index is 281. The van der Waals surface area contributed by atoms with Crippen LogP contribution in [0.2, 0.25) is 0 Å². The SMILES string of the molecule is CCNC1(C(=O)C(C)(C)C)CCC(C)(F)CC1. The lowest BCUT2D eigenvalue weighted by atomic mass is 9.67. The van der Waals surface area contributed by atoms with Gasteiger partial charge in [-0.3, -0.25) is 4.79 Å². The maximum absolute atomic E-state index is 13.9. The zero-order valence-corrected chi connectivity index (χ0v) is 11.8. The van der Waals surface area contributed by atoms with Crippen molar-refractivity contribution < 1.29 is 9.18 Å². The van der Waals surface area contributed by atoms with Crippen molar-refractivity contribution in [3.8, 4) is 0 Å². The fraction of sp³-hybridized carbons (Fsp3) is 0.929. The summed E-state index contributed by atoms with van der Waals surface area (Å²) in [5, 5.41) is 3.33. The molecule has 0 atom stereocenters. The van der Waals surface area contributed by atoms with Gasteiger partial charge >= 0.3 is 0 Å². The largest absolute Gasteiger partial charge is 0.305 e. The summed E-state index contributed by atoms with van der Waals surface area (Å²) >= 11 is 0. The van der Waals surface area contributed by atoms with E-state index in [1.807, 2.05) is 27.7 Å². The van der Waals surface area contributed by atoms with E-state index in [2.05, 4.69) is 5.32 Å². The van der Waals surface area contributed by atoms with Gasteiger partial charge in [0.25, 0.3) is 0 Å². The lowest BCUT2D eigenvalue weighted by Gasteiger charge is -2.44. The number of likely N-dealkylation sites (N-methyl/N-ethyl adjacent to an activating group) is 1. The molecule has 2 nitrogen and oxygen atoms in total. The van der Waals surface area contributed by atoms with Crippen molar-refractivity contribution in [2.75, 3.05) is 6.54 Å². The number of hydrogen-bond acceptors (Lipinski definition) is 2. The average molecular weight is 243 g/mol. The predicted octanol–water partition coefficient (Wildman–Crippen LogP) is 3.25. The molecule has 0 aliphatic heterocycles. The molecule has 1 fully saturated rings. The molecule has 1 aliphatic rings. The van der Waals surface area contributed by atoms with Crippen LogP contribution >= 0.6 is 0 Å². The third-order valence-corrected chi connectivity index (χ3v) is 3.78. The van der Waals surface area contributed by atoms with Crippen molar-refractivity contribution in [3.63, 3.8) is 0 Å². The average Bonchev–Trinajstić information content (AvgIpc) is 2.20. The Morgan fingerprint density at radius 3 is 2.06 bits per heavy atom. The van der Waals surface area contributed by atoms with Gasteiger partial charge < -0.3 is 5.32 Å². The number of Topliss-reactive ketones (excluding diaryl/α,β-unsaturated/α-hetero) is 1. The topological polar surface area (TPSA) is 29.1 Å². The van der Waals surface area contributed by atoms with E-state index >= 15 is 0 Å². The summed E-state index contributed by atoms with van der Waals surface area (Å²) in [4.78, 5) is 12.6. The van der Waals surface area contributed by atoms with Crippen LogP contribution in [0.1, 0.15) is 60.3 Å². The molecule has 1 saturated carbocycles. The molecule has 100 valence electrons. The van der Waals surface area contributed by atoms with Gasteiger partial charge in [0.05, 0.1) is 5.54 Å². The van der Waals surface area contributed by atoms with Gasteiger partial charge in [-0.05, 0) is 39.2 Å². The van der Waals surface area contributed by atoms with Gasteiger partial charge in [-0.25, -0.2) is 4.39 Å². The van der Waals surface area contributed by atoms with E-state index in [9.17, 15) is 9.18 Å². The fourth-order valence-corrected chi connectivity index (χ4v) is 2.74. The van der Waals surface area contributed by atoms with Crippen LogP contribution < -0.4 is 5.32 Å². The van der Waals surface area contributed by atoms with E-state index in [0.717, 1.165) is 6.54 Å². The maximum atomic E-state index is 13.9. The minimum Gasteiger partial charge on any atom is -0.305 e. The molecule has 3 heteroatoms. The Labute approximate surface area is 104 Å². The van der Waals surface area contributed by atoms with Crippen molar-refractivity contribution in [2.45, 2.75) is 71.5 Å². The highest BCUT2D eigenvalue weighted by Gasteiger charge is 2.47. The normalized spacial score (nSPS) is 34.7. The van der Waals surface area contributed by atoms with E-state index < -0.39 is 11.2 Å². The molecule has 1 aliphatic carbocycles. The van der Waals surface area contributed by atoms with Crippen molar-refractivity contribution in [3.05, 3.63) is 0 Å². The van der Waals surface area contributed by atoms with E-state index in [0.29, 0.717) is 25.7 Å². The summed E-state index contributed by atoms with van der Waals surface area (Å²) in [6.45, 7) is 10.2. The molecule has 0 aromatic heterocycles. The van der Waals surface area contributed by atoms with E-state index in [1.165, 1.54) is 0 Å². The second-order valence-corrected chi connectivity index (χ2v) is 6.60. The van der Waals surface area contributed by atoms with Gasteiger partial charge in [0.1, 0.15) is 5.67 Å². The fourth-order valence-electron chi connectivity index (χ4n) is 2.74. The van der Waals surface area contributed by atoms with Crippen LogP contribution in [0.4, 0.5) is 4.39 Å². The molecule has 0 unspecified atom stereocenters. The van der Waals surface area contributed by atoms with Crippen molar-refractivity contribution in [2.24, 2.45) is 5.41 Å². The highest BCUT2D eigenvalue weighted by Crippen LogP contribution is 2.40. The molecule has 0 aromatic carbocycles. The van der Waals surface area contributed by atoms with Gasteiger partial charge in [-0.1, -0.05) is 27.7 Å². The first kappa shape index (κ1) is 14.6. The highest BCUT2D eigenvalue weighted by atomic mass is 19.1. The zero-order valence-electron chi connectivity index (χ0n) is 11.8. The van der Waals surface area contributed by atoms with Crippen molar-refractivity contribution in [1.29, 1.82) is 0 Å². The van der Waals surface area contributed by atoms with Crippen LogP contribution in [0, 0.1) is 5.41 Å². The molecule has 0 radical (unpaired) electrons. The quantitative estimate of drug-likeness (QED) is 0.824. The number of alkyl halides is 1. The Hall–Kier alpha value is -0.440. The van der Waals surface area contributed by atoms with Crippen LogP contribution in [-0.4, -0.2) is 23.5 Å². The second-order valence-electron chi connectivity index (χ2n) is 6.60. The van der Waals surface area contributed by atoms with Crippen LogP contribution in [0.15, 0.2) is 0 Å². The van der Waals surface area contributed by atoms with Gasteiger partial charge in [0.15, 0.2) is 5.78 Å². The molecule has 1 N–H and O–H groups in total. The Morgan fingerprint density at radius 1 is 1.24 bits per heavy atom. The summed E-state index contributed by atoms with van der Waals surface area (Å²) in [7, 11) is 0. The number of nitrogens with one attached hydrogen (secondary N) is 1. The van der Waals surface area contributed by atoms with Gasteiger partial charge in [0.2, 0.25) is 0 Å². The van der Waals surface area contributed by atoms with E-state index in [-0.39, 0.29) is 11.2 Å². The number of carbonyl (C=O) groups is 1. The number of hydrogen-bond donors (Lipinski definition) is 1. The Kier molecular flexibility index (Phi) is 4.02. The molecular formula is C14H26FNO. The van der Waals surface area contributed by atoms with Gasteiger partial charge in [-0.2, -0.15) is 0 Å². The van der Waals surface area contributed by atoms with Gasteiger partial charge in [0, 0.05) is 5.41 Å². The number of ketones is 1. The molecule has 17 heavy (non-hydrogen) atoms. The lowest BCUT2D eigenvalue weighted by molar-refractivity contribution is -0.135. The zero-order chi connectivity index (χ0) is 13.3. The summed E-state index contributed by atoms with van der Waals surface area (Å²) < 4.78 is 13.9. The number of rotatable bonds is 3. The van der Waals surface area contributed by atoms with Crippen LogP contribution in [0.5, 0.6) is 0 Å². The Balaban J connectivity index is 2.89. The minimum absolute atomic E-state index is 0.224. The van der Waals surface area contributed by atoms with E-state index in [4.69, 9.17) is 0 Å². The standard InChI is InChI=1S/C14H26FNO/c1-6-16-14(11(17)12(2,3)4)9-7-13(5,15)8-10-14/h16H,6-10H2,1-5H3. The monoisotopic (exact) mass is 243 g/mol. The van der Waals surface area contributed by atoms with Crippen LogP contribution in [-0.2, 0) is 4.79 Å². The third-order valence-electron chi connectivity index (χ3n) is 3.78. The number of carbonyl (C=O) groups excluding carboxylic acids is 1. The first-order chi connectivity index (χ1) is 7.63. The molecule has 1 rings (SSSR count). The van der Waals surface area contributed by atoms with Crippen LogP contribution in [0.3, 0.4) is 0 Å². The second kappa shape index (κ2) is 4.68. The summed E-state index contributed by atoms with van der Waals surface area (Å²) in [6.07, 6.45) is 2.18. The Morgan fingerprint density at radius 2 is 1.71 bits per heavy atom. The van der Waals surface area contributed by atoms with Crippen molar-refractivity contribution in [1.82, 2.24) is 5.32 Å². The molecule has 0 aromatic rings. The first-order valence-corrected chi connectivity index (χ1v) is 6.62. The summed E-state index contributed by atoms with van der Waals surface area (Å²) in [5.74, 6) is 0.224. The molecular weight excluding hydrogens is 217 g/mol. The minimum atomic E-state index is -1.10. The van der Waals surface area contributed by atoms with Crippen LogP contribution in [0.25, 0.3) is 0 Å². The molecule has 0 heterocycles. The highest BCUT2D eigenvalue weighted by molar-refractivity contribution is 5.92. The summed E-state index contributed by atoms with van der Waals surface area (Å²) in [5.41, 5.74) is -1.97.